The molecule has 1 aromatic rings. The maximum absolute atomic E-state index is 12.2. The molecule has 0 unspecified atom stereocenters. The van der Waals surface area contributed by atoms with Crippen LogP contribution in [0.15, 0.2) is 24.3 Å². The smallest absolute Gasteiger partial charge is 0.228 e. The molecule has 1 aromatic carbocycles. The third-order valence-electron chi connectivity index (χ3n) is 2.53. The van der Waals surface area contributed by atoms with Gasteiger partial charge in [0.15, 0.2) is 0 Å². The number of piperazine rings is 1. The first-order valence-electron chi connectivity index (χ1n) is 5.15. The average Bonchev–Trinajstić information content (AvgIpc) is 2.31. The van der Waals surface area contributed by atoms with Crippen molar-refractivity contribution < 1.29 is 9.13 Å². The summed E-state index contributed by atoms with van der Waals surface area (Å²) < 4.78 is 17.1. The predicted molar refractivity (Wildman–Crippen MR) is 58.1 cm³/mol. The van der Waals surface area contributed by atoms with E-state index >= 15 is 0 Å². The minimum atomic E-state index is -0.775. The molecule has 15 heavy (non-hydrogen) atoms. The van der Waals surface area contributed by atoms with Crippen molar-refractivity contribution in [1.82, 2.24) is 5.32 Å². The zero-order chi connectivity index (χ0) is 10.5. The molecule has 82 valence electrons. The van der Waals surface area contributed by atoms with Crippen molar-refractivity contribution in [2.24, 2.45) is 0 Å². The van der Waals surface area contributed by atoms with Gasteiger partial charge in [0, 0.05) is 26.2 Å². The molecule has 1 N–H and O–H groups in total. The van der Waals surface area contributed by atoms with Gasteiger partial charge in [-0.25, -0.2) is 4.39 Å². The number of rotatable bonds is 3. The number of ether oxygens (including phenoxy) is 1. The number of para-hydroxylation sites is 2. The van der Waals surface area contributed by atoms with Crippen molar-refractivity contribution in [3.63, 3.8) is 0 Å². The summed E-state index contributed by atoms with van der Waals surface area (Å²) >= 11 is 0. The van der Waals surface area contributed by atoms with E-state index in [-0.39, 0.29) is 0 Å². The van der Waals surface area contributed by atoms with E-state index in [0.29, 0.717) is 5.75 Å². The van der Waals surface area contributed by atoms with E-state index in [0.717, 1.165) is 31.9 Å². The summed E-state index contributed by atoms with van der Waals surface area (Å²) in [6.45, 7) is 3.02. The van der Waals surface area contributed by atoms with Gasteiger partial charge in [0.25, 0.3) is 0 Å². The minimum absolute atomic E-state index is 0.627. The minimum Gasteiger partial charge on any atom is -0.461 e. The number of alkyl halides is 1. The Hall–Kier alpha value is -1.29. The number of anilines is 1. The Morgan fingerprint density at radius 1 is 1.27 bits per heavy atom. The van der Waals surface area contributed by atoms with Crippen LogP contribution in [-0.2, 0) is 0 Å². The van der Waals surface area contributed by atoms with Crippen molar-refractivity contribution in [2.75, 3.05) is 37.9 Å². The first-order chi connectivity index (χ1) is 7.42. The van der Waals surface area contributed by atoms with Gasteiger partial charge in [-0.2, -0.15) is 0 Å². The van der Waals surface area contributed by atoms with Crippen molar-refractivity contribution in [3.8, 4) is 5.75 Å². The highest BCUT2D eigenvalue weighted by Gasteiger charge is 2.14. The maximum atomic E-state index is 12.2. The second kappa shape index (κ2) is 4.98. The van der Waals surface area contributed by atoms with Gasteiger partial charge in [-0.05, 0) is 12.1 Å². The Morgan fingerprint density at radius 3 is 2.73 bits per heavy atom. The third kappa shape index (κ3) is 2.39. The van der Waals surface area contributed by atoms with Crippen molar-refractivity contribution in [3.05, 3.63) is 24.3 Å². The van der Waals surface area contributed by atoms with Crippen LogP contribution in [0.25, 0.3) is 0 Å². The van der Waals surface area contributed by atoms with Crippen molar-refractivity contribution in [1.29, 1.82) is 0 Å². The first-order valence-corrected chi connectivity index (χ1v) is 5.15. The topological polar surface area (TPSA) is 24.5 Å². The molecule has 0 spiro atoms. The maximum Gasteiger partial charge on any atom is 0.228 e. The van der Waals surface area contributed by atoms with Crippen LogP contribution < -0.4 is 15.0 Å². The third-order valence-corrected chi connectivity index (χ3v) is 2.53. The molecule has 0 amide bonds. The molecule has 1 aliphatic heterocycles. The molecule has 4 heteroatoms. The lowest BCUT2D eigenvalue weighted by Crippen LogP contribution is -2.43. The fraction of sp³-hybridized carbons (Fsp3) is 0.455. The summed E-state index contributed by atoms with van der Waals surface area (Å²) in [5.41, 5.74) is 0.983. The van der Waals surface area contributed by atoms with Crippen LogP contribution in [-0.4, -0.2) is 33.0 Å². The van der Waals surface area contributed by atoms with E-state index in [2.05, 4.69) is 10.2 Å². The van der Waals surface area contributed by atoms with Gasteiger partial charge in [0.05, 0.1) is 5.69 Å². The van der Waals surface area contributed by atoms with Crippen LogP contribution >= 0.6 is 0 Å². The summed E-state index contributed by atoms with van der Waals surface area (Å²) in [6.07, 6.45) is 0. The summed E-state index contributed by atoms with van der Waals surface area (Å²) in [4.78, 5) is 2.21. The lowest BCUT2D eigenvalue weighted by molar-refractivity contribution is 0.192. The molecule has 1 aliphatic rings. The fourth-order valence-corrected chi connectivity index (χ4v) is 1.80. The molecule has 1 saturated heterocycles. The van der Waals surface area contributed by atoms with Gasteiger partial charge < -0.3 is 15.0 Å². The monoisotopic (exact) mass is 210 g/mol. The Morgan fingerprint density at radius 2 is 2.00 bits per heavy atom. The molecule has 0 aromatic heterocycles. The quantitative estimate of drug-likeness (QED) is 0.816. The Labute approximate surface area is 88.8 Å². The lowest BCUT2D eigenvalue weighted by Gasteiger charge is -2.30. The summed E-state index contributed by atoms with van der Waals surface area (Å²) in [7, 11) is 0. The van der Waals surface area contributed by atoms with Crippen LogP contribution in [0.3, 0.4) is 0 Å². The standard InChI is InChI=1S/C11H15FN2O/c12-9-15-11-4-2-1-3-10(11)14-7-5-13-6-8-14/h1-4,13H,5-9H2. The zero-order valence-corrected chi connectivity index (χ0v) is 8.58. The van der Waals surface area contributed by atoms with E-state index in [1.165, 1.54) is 0 Å². The summed E-state index contributed by atoms with van der Waals surface area (Å²) in [5, 5.41) is 3.28. The highest BCUT2D eigenvalue weighted by molar-refractivity contribution is 5.58. The van der Waals surface area contributed by atoms with E-state index < -0.39 is 6.86 Å². The zero-order valence-electron chi connectivity index (χ0n) is 8.58. The highest BCUT2D eigenvalue weighted by atomic mass is 19.1. The SMILES string of the molecule is FCOc1ccccc1N1CCNCC1. The van der Waals surface area contributed by atoms with Crippen molar-refractivity contribution in [2.45, 2.75) is 0 Å². The molecule has 1 heterocycles. The van der Waals surface area contributed by atoms with Crippen LogP contribution in [0.1, 0.15) is 0 Å². The van der Waals surface area contributed by atoms with Crippen LogP contribution in [0.4, 0.5) is 10.1 Å². The Kier molecular flexibility index (Phi) is 3.40. The Balaban J connectivity index is 2.17. The molecule has 0 atom stereocenters. The predicted octanol–water partition coefficient (Wildman–Crippen LogP) is 1.40. The van der Waals surface area contributed by atoms with E-state index in [9.17, 15) is 4.39 Å². The number of benzene rings is 1. The molecule has 0 aliphatic carbocycles. The van der Waals surface area contributed by atoms with Gasteiger partial charge in [0.2, 0.25) is 6.86 Å². The lowest BCUT2D eigenvalue weighted by atomic mass is 10.2. The van der Waals surface area contributed by atoms with E-state index in [4.69, 9.17) is 4.74 Å². The fourth-order valence-electron chi connectivity index (χ4n) is 1.80. The molecular weight excluding hydrogens is 195 g/mol. The van der Waals surface area contributed by atoms with Gasteiger partial charge in [-0.1, -0.05) is 12.1 Å². The van der Waals surface area contributed by atoms with Crippen molar-refractivity contribution >= 4 is 5.69 Å². The summed E-state index contributed by atoms with van der Waals surface area (Å²) in [6, 6.07) is 7.58. The van der Waals surface area contributed by atoms with Gasteiger partial charge in [-0.3, -0.25) is 0 Å². The summed E-state index contributed by atoms with van der Waals surface area (Å²) in [5.74, 6) is 0.627. The van der Waals surface area contributed by atoms with E-state index in [1.54, 1.807) is 6.07 Å². The van der Waals surface area contributed by atoms with Gasteiger partial charge in [-0.15, -0.1) is 0 Å². The molecule has 0 bridgehead atoms. The van der Waals surface area contributed by atoms with Gasteiger partial charge >= 0.3 is 0 Å². The second-order valence-corrected chi connectivity index (χ2v) is 3.46. The first kappa shape index (κ1) is 10.2. The number of nitrogens with zero attached hydrogens (tertiary/aromatic N) is 1. The largest absolute Gasteiger partial charge is 0.461 e. The normalized spacial score (nSPS) is 16.5. The Bertz CT molecular complexity index is 313. The average molecular weight is 210 g/mol. The molecule has 0 radical (unpaired) electrons. The molecule has 1 fully saturated rings. The molecule has 2 rings (SSSR count). The number of hydrogen-bond donors (Lipinski definition) is 1. The second-order valence-electron chi connectivity index (χ2n) is 3.46. The molecular formula is C11H15FN2O. The van der Waals surface area contributed by atoms with E-state index in [1.807, 2.05) is 18.2 Å². The van der Waals surface area contributed by atoms with Gasteiger partial charge in [0.1, 0.15) is 5.75 Å². The number of halogens is 1. The number of hydrogen-bond acceptors (Lipinski definition) is 3. The van der Waals surface area contributed by atoms with Crippen LogP contribution in [0, 0.1) is 0 Å². The highest BCUT2D eigenvalue weighted by Crippen LogP contribution is 2.28. The molecule has 0 saturated carbocycles. The number of nitrogens with one attached hydrogen (secondary N) is 1. The molecule has 3 nitrogen and oxygen atoms in total. The van der Waals surface area contributed by atoms with Crippen LogP contribution in [0.2, 0.25) is 0 Å². The van der Waals surface area contributed by atoms with Crippen LogP contribution in [0.5, 0.6) is 5.75 Å².